The fraction of sp³-hybridized carbons (Fsp3) is 0.174. The number of thioether (sulfide) groups is 1. The molecule has 31 heavy (non-hydrogen) atoms. The van der Waals surface area contributed by atoms with Gasteiger partial charge in [0.1, 0.15) is 0 Å². The van der Waals surface area contributed by atoms with Crippen LogP contribution in [-0.2, 0) is 14.8 Å². The lowest BCUT2D eigenvalue weighted by molar-refractivity contribution is -0.115. The number of rotatable bonds is 8. The van der Waals surface area contributed by atoms with Gasteiger partial charge in [0.15, 0.2) is 0 Å². The first-order valence-electron chi connectivity index (χ1n) is 9.69. The summed E-state index contributed by atoms with van der Waals surface area (Å²) in [5.74, 6) is -0.143. The molecule has 1 atom stereocenters. The van der Waals surface area contributed by atoms with Crippen molar-refractivity contribution in [1.82, 2.24) is 0 Å². The third-order valence-electron chi connectivity index (χ3n) is 4.46. The van der Waals surface area contributed by atoms with Gasteiger partial charge >= 0.3 is 0 Å². The van der Waals surface area contributed by atoms with E-state index in [0.717, 1.165) is 10.5 Å². The van der Waals surface area contributed by atoms with Crippen molar-refractivity contribution in [2.24, 2.45) is 0 Å². The van der Waals surface area contributed by atoms with Crippen LogP contribution in [0, 0.1) is 6.92 Å². The number of hydrogen-bond donors (Lipinski definition) is 2. The number of amides is 1. The topological polar surface area (TPSA) is 75.3 Å². The molecule has 0 aliphatic carbocycles. The van der Waals surface area contributed by atoms with Crippen molar-refractivity contribution < 1.29 is 13.2 Å². The summed E-state index contributed by atoms with van der Waals surface area (Å²) >= 11 is 7.37. The van der Waals surface area contributed by atoms with Crippen molar-refractivity contribution in [3.8, 4) is 0 Å². The molecular formula is C23H23ClN2O3S2. The van der Waals surface area contributed by atoms with Crippen molar-refractivity contribution in [3.05, 3.63) is 83.4 Å². The molecular weight excluding hydrogens is 452 g/mol. The molecule has 0 saturated heterocycles. The van der Waals surface area contributed by atoms with E-state index >= 15 is 0 Å². The Balaban J connectivity index is 1.66. The number of hydrogen-bond acceptors (Lipinski definition) is 4. The maximum Gasteiger partial charge on any atom is 0.261 e. The zero-order valence-corrected chi connectivity index (χ0v) is 19.5. The monoisotopic (exact) mass is 474 g/mol. The number of carbonyl (C=O) groups excluding carboxylic acids is 1. The van der Waals surface area contributed by atoms with Crippen LogP contribution in [0.4, 0.5) is 11.4 Å². The average Bonchev–Trinajstić information content (AvgIpc) is 2.73. The van der Waals surface area contributed by atoms with E-state index in [0.29, 0.717) is 22.8 Å². The highest BCUT2D eigenvalue weighted by molar-refractivity contribution is 8.00. The fourth-order valence-electron chi connectivity index (χ4n) is 2.86. The first kappa shape index (κ1) is 23.2. The Labute approximate surface area is 192 Å². The predicted octanol–water partition coefficient (Wildman–Crippen LogP) is 5.96. The molecule has 3 rings (SSSR count). The Morgan fingerprint density at radius 2 is 1.68 bits per heavy atom. The molecule has 3 aromatic rings. The SMILES string of the molecule is CC[C@@H](Sc1ccc(Cl)cc1)C(=O)Nc1ccc(S(=O)(=O)Nc2cccc(C)c2)cc1. The van der Waals surface area contributed by atoms with E-state index in [-0.39, 0.29) is 16.1 Å². The second-order valence-corrected chi connectivity index (χ2v) is 10.4. The molecule has 0 saturated carbocycles. The Morgan fingerprint density at radius 1 is 1.00 bits per heavy atom. The van der Waals surface area contributed by atoms with Gasteiger partial charge in [-0.05, 0) is 79.6 Å². The van der Waals surface area contributed by atoms with Crippen LogP contribution in [0.2, 0.25) is 5.02 Å². The highest BCUT2D eigenvalue weighted by Gasteiger charge is 2.19. The summed E-state index contributed by atoms with van der Waals surface area (Å²) in [5.41, 5.74) is 2.00. The largest absolute Gasteiger partial charge is 0.325 e. The normalized spacial score (nSPS) is 12.2. The molecule has 8 heteroatoms. The van der Waals surface area contributed by atoms with Gasteiger partial charge in [-0.15, -0.1) is 11.8 Å². The van der Waals surface area contributed by atoms with E-state index in [2.05, 4.69) is 10.0 Å². The third kappa shape index (κ3) is 6.50. The van der Waals surface area contributed by atoms with Crippen LogP contribution < -0.4 is 10.0 Å². The Kier molecular flexibility index (Phi) is 7.64. The van der Waals surface area contributed by atoms with Crippen molar-refractivity contribution in [2.45, 2.75) is 35.3 Å². The zero-order chi connectivity index (χ0) is 22.4. The molecule has 0 heterocycles. The molecule has 0 radical (unpaired) electrons. The Morgan fingerprint density at radius 3 is 2.29 bits per heavy atom. The van der Waals surface area contributed by atoms with Crippen molar-refractivity contribution in [2.75, 3.05) is 10.0 Å². The highest BCUT2D eigenvalue weighted by Crippen LogP contribution is 2.28. The lowest BCUT2D eigenvalue weighted by atomic mass is 10.2. The number of benzene rings is 3. The van der Waals surface area contributed by atoms with Crippen molar-refractivity contribution in [1.29, 1.82) is 0 Å². The summed E-state index contributed by atoms with van der Waals surface area (Å²) in [6, 6.07) is 20.6. The number of aryl methyl sites for hydroxylation is 1. The third-order valence-corrected chi connectivity index (χ3v) is 7.48. The molecule has 0 aliphatic rings. The number of sulfonamides is 1. The van der Waals surface area contributed by atoms with Gasteiger partial charge in [-0.3, -0.25) is 9.52 Å². The number of anilines is 2. The van der Waals surface area contributed by atoms with E-state index in [4.69, 9.17) is 11.6 Å². The second-order valence-electron chi connectivity index (χ2n) is 6.96. The lowest BCUT2D eigenvalue weighted by Gasteiger charge is -2.15. The van der Waals surface area contributed by atoms with Gasteiger partial charge in [-0.25, -0.2) is 8.42 Å². The number of carbonyl (C=O) groups is 1. The van der Waals surface area contributed by atoms with E-state index in [1.807, 2.05) is 32.0 Å². The summed E-state index contributed by atoms with van der Waals surface area (Å²) < 4.78 is 27.8. The lowest BCUT2D eigenvalue weighted by Crippen LogP contribution is -2.24. The van der Waals surface area contributed by atoms with E-state index in [1.165, 1.54) is 23.9 Å². The maximum atomic E-state index is 12.7. The molecule has 0 unspecified atom stereocenters. The molecule has 5 nitrogen and oxygen atoms in total. The van der Waals surface area contributed by atoms with Gasteiger partial charge in [0.05, 0.1) is 10.1 Å². The average molecular weight is 475 g/mol. The van der Waals surface area contributed by atoms with Gasteiger partial charge in [-0.1, -0.05) is 30.7 Å². The summed E-state index contributed by atoms with van der Waals surface area (Å²) in [4.78, 5) is 13.8. The first-order valence-corrected chi connectivity index (χ1v) is 12.4. The van der Waals surface area contributed by atoms with Crippen molar-refractivity contribution in [3.63, 3.8) is 0 Å². The molecule has 0 bridgehead atoms. The van der Waals surface area contributed by atoms with Gasteiger partial charge < -0.3 is 5.32 Å². The van der Waals surface area contributed by atoms with E-state index in [1.54, 1.807) is 42.5 Å². The zero-order valence-electron chi connectivity index (χ0n) is 17.1. The highest BCUT2D eigenvalue weighted by atomic mass is 35.5. The van der Waals surface area contributed by atoms with Crippen LogP contribution in [0.1, 0.15) is 18.9 Å². The number of halogens is 1. The molecule has 0 aliphatic heterocycles. The van der Waals surface area contributed by atoms with Gasteiger partial charge in [0, 0.05) is 21.3 Å². The van der Waals surface area contributed by atoms with Crippen LogP contribution in [0.3, 0.4) is 0 Å². The molecule has 0 aromatic heterocycles. The summed E-state index contributed by atoms with van der Waals surface area (Å²) in [5, 5.41) is 3.22. The quantitative estimate of drug-likeness (QED) is 0.395. The van der Waals surface area contributed by atoms with Crippen LogP contribution in [-0.4, -0.2) is 19.6 Å². The van der Waals surface area contributed by atoms with Crippen LogP contribution in [0.25, 0.3) is 0 Å². The molecule has 3 aromatic carbocycles. The van der Waals surface area contributed by atoms with Gasteiger partial charge in [-0.2, -0.15) is 0 Å². The Hall–Kier alpha value is -2.48. The smallest absolute Gasteiger partial charge is 0.261 e. The first-order chi connectivity index (χ1) is 14.8. The molecule has 0 fully saturated rings. The summed E-state index contributed by atoms with van der Waals surface area (Å²) in [6.07, 6.45) is 0.645. The second kappa shape index (κ2) is 10.2. The predicted molar refractivity (Wildman–Crippen MR) is 128 cm³/mol. The van der Waals surface area contributed by atoms with Crippen LogP contribution in [0.15, 0.2) is 82.6 Å². The Bertz CT molecular complexity index is 1150. The van der Waals surface area contributed by atoms with Crippen LogP contribution >= 0.6 is 23.4 Å². The van der Waals surface area contributed by atoms with E-state index < -0.39 is 10.0 Å². The van der Waals surface area contributed by atoms with E-state index in [9.17, 15) is 13.2 Å². The minimum Gasteiger partial charge on any atom is -0.325 e. The minimum atomic E-state index is -3.72. The molecule has 0 spiro atoms. The van der Waals surface area contributed by atoms with Gasteiger partial charge in [0.25, 0.3) is 10.0 Å². The molecule has 1 amide bonds. The number of nitrogens with one attached hydrogen (secondary N) is 2. The van der Waals surface area contributed by atoms with Crippen LogP contribution in [0.5, 0.6) is 0 Å². The van der Waals surface area contributed by atoms with Gasteiger partial charge in [0.2, 0.25) is 5.91 Å². The minimum absolute atomic E-state index is 0.120. The standard InChI is InChI=1S/C23H23ClN2O3S2/c1-3-22(30-20-11-7-17(24)8-12-20)23(27)25-18-9-13-21(14-10-18)31(28,29)26-19-6-4-5-16(2)15-19/h4-15,22,26H,3H2,1-2H3,(H,25,27)/t22-/m1/s1. The molecule has 162 valence electrons. The maximum absolute atomic E-state index is 12.7. The fourth-order valence-corrected chi connectivity index (χ4v) is 4.99. The van der Waals surface area contributed by atoms with Crippen molar-refractivity contribution >= 4 is 50.7 Å². The molecule has 2 N–H and O–H groups in total. The summed E-state index contributed by atoms with van der Waals surface area (Å²) in [7, 11) is -3.72. The summed E-state index contributed by atoms with van der Waals surface area (Å²) in [6.45, 7) is 3.84.